The molecule has 0 aliphatic carbocycles. The summed E-state index contributed by atoms with van der Waals surface area (Å²) in [6.45, 7) is 6.51. The third-order valence-electron chi connectivity index (χ3n) is 1.93. The van der Waals surface area contributed by atoms with Gasteiger partial charge in [-0.15, -0.1) is 0 Å². The number of unbranched alkanes of at least 4 members (excludes halogenated alkanes) is 1. The molecular weight excluding hydrogens is 176 g/mol. The van der Waals surface area contributed by atoms with Crippen molar-refractivity contribution in [2.24, 2.45) is 0 Å². The summed E-state index contributed by atoms with van der Waals surface area (Å²) >= 11 is 0. The van der Waals surface area contributed by atoms with Crippen LogP contribution in [0.1, 0.15) is 25.3 Å². The van der Waals surface area contributed by atoms with Crippen molar-refractivity contribution in [1.82, 2.24) is 4.98 Å². The van der Waals surface area contributed by atoms with Gasteiger partial charge in [-0.2, -0.15) is 0 Å². The lowest BCUT2D eigenvalue weighted by Gasteiger charge is -2.05. The molecule has 2 N–H and O–H groups in total. The number of nitrogens with zero attached hydrogens (tertiary/aromatic N) is 1. The van der Waals surface area contributed by atoms with Gasteiger partial charge in [-0.1, -0.05) is 19.9 Å². The number of rotatable bonds is 5. The Kier molecular flexibility index (Phi) is 3.98. The van der Waals surface area contributed by atoms with Gasteiger partial charge in [0.05, 0.1) is 0 Å². The zero-order chi connectivity index (χ0) is 10.4. The zero-order valence-electron chi connectivity index (χ0n) is 8.45. The number of aromatic nitrogens is 1. The van der Waals surface area contributed by atoms with E-state index in [0.29, 0.717) is 5.56 Å². The fraction of sp³-hybridized carbons (Fsp3) is 0.364. The van der Waals surface area contributed by atoms with Gasteiger partial charge in [0, 0.05) is 18.3 Å². The molecule has 0 aliphatic heterocycles. The molecule has 0 fully saturated rings. The predicted octanol–water partition coefficient (Wildman–Crippen LogP) is 2.82. The third kappa shape index (κ3) is 3.09. The molecule has 1 rings (SSSR count). The fourth-order valence-electron chi connectivity index (χ4n) is 1.10. The van der Waals surface area contributed by atoms with E-state index in [-0.39, 0.29) is 5.76 Å². The second-order valence-corrected chi connectivity index (χ2v) is 3.16. The Hall–Kier alpha value is -1.51. The topological polar surface area (TPSA) is 45.2 Å². The summed E-state index contributed by atoms with van der Waals surface area (Å²) in [6.07, 6.45) is 3.93. The Bertz CT molecular complexity index is 310. The van der Waals surface area contributed by atoms with E-state index in [0.717, 1.165) is 25.2 Å². The van der Waals surface area contributed by atoms with Crippen LogP contribution in [0.5, 0.6) is 0 Å². The summed E-state index contributed by atoms with van der Waals surface area (Å²) in [5.74, 6) is 0.858. The maximum Gasteiger partial charge on any atom is 0.126 e. The normalized spacial score (nSPS) is 9.79. The summed E-state index contributed by atoms with van der Waals surface area (Å²) in [5.41, 5.74) is 0.707. The van der Waals surface area contributed by atoms with Gasteiger partial charge in [-0.25, -0.2) is 4.98 Å². The number of aliphatic hydroxyl groups is 1. The molecule has 0 aromatic carbocycles. The molecule has 0 atom stereocenters. The summed E-state index contributed by atoms with van der Waals surface area (Å²) in [6, 6.07) is 3.52. The van der Waals surface area contributed by atoms with Crippen molar-refractivity contribution in [3.63, 3.8) is 0 Å². The van der Waals surface area contributed by atoms with Crippen LogP contribution in [0, 0.1) is 0 Å². The third-order valence-corrected chi connectivity index (χ3v) is 1.93. The van der Waals surface area contributed by atoms with Crippen molar-refractivity contribution < 1.29 is 5.11 Å². The lowest BCUT2D eigenvalue weighted by Crippen LogP contribution is -2.02. The smallest absolute Gasteiger partial charge is 0.126 e. The van der Waals surface area contributed by atoms with Crippen LogP contribution in [0.2, 0.25) is 0 Å². The van der Waals surface area contributed by atoms with Gasteiger partial charge in [0.2, 0.25) is 0 Å². The van der Waals surface area contributed by atoms with Crippen LogP contribution in [-0.4, -0.2) is 16.6 Å². The van der Waals surface area contributed by atoms with E-state index in [9.17, 15) is 0 Å². The first-order chi connectivity index (χ1) is 6.74. The molecular formula is C11H16N2O. The van der Waals surface area contributed by atoms with Crippen LogP contribution in [0.3, 0.4) is 0 Å². The molecule has 3 nitrogen and oxygen atoms in total. The SMILES string of the molecule is C=C(O)c1ccnc(NCCCC)c1. The molecule has 0 unspecified atom stereocenters. The Labute approximate surface area is 84.5 Å². The van der Waals surface area contributed by atoms with E-state index >= 15 is 0 Å². The van der Waals surface area contributed by atoms with Gasteiger partial charge >= 0.3 is 0 Å². The summed E-state index contributed by atoms with van der Waals surface area (Å²) < 4.78 is 0. The number of hydrogen-bond acceptors (Lipinski definition) is 3. The first-order valence-electron chi connectivity index (χ1n) is 4.82. The lowest BCUT2D eigenvalue weighted by atomic mass is 10.2. The van der Waals surface area contributed by atoms with E-state index in [2.05, 4.69) is 23.8 Å². The Morgan fingerprint density at radius 1 is 1.64 bits per heavy atom. The molecule has 1 aromatic heterocycles. The highest BCUT2D eigenvalue weighted by Crippen LogP contribution is 2.12. The van der Waals surface area contributed by atoms with Gasteiger partial charge in [-0.05, 0) is 18.6 Å². The molecule has 0 aliphatic rings. The van der Waals surface area contributed by atoms with Crippen LogP contribution >= 0.6 is 0 Å². The van der Waals surface area contributed by atoms with E-state index in [1.807, 2.05) is 0 Å². The number of aliphatic hydroxyl groups excluding tert-OH is 1. The molecule has 76 valence electrons. The minimum atomic E-state index is 0.0749. The number of nitrogens with one attached hydrogen (secondary N) is 1. The molecule has 0 radical (unpaired) electrons. The van der Waals surface area contributed by atoms with Crippen molar-refractivity contribution in [2.75, 3.05) is 11.9 Å². The average Bonchev–Trinajstić information content (AvgIpc) is 2.19. The molecule has 0 bridgehead atoms. The molecule has 0 spiro atoms. The van der Waals surface area contributed by atoms with Gasteiger partial charge in [0.25, 0.3) is 0 Å². The van der Waals surface area contributed by atoms with Gasteiger partial charge < -0.3 is 10.4 Å². The minimum Gasteiger partial charge on any atom is -0.508 e. The van der Waals surface area contributed by atoms with Crippen molar-refractivity contribution in [3.05, 3.63) is 30.5 Å². The minimum absolute atomic E-state index is 0.0749. The molecule has 1 aromatic rings. The molecule has 3 heteroatoms. The van der Waals surface area contributed by atoms with Crippen molar-refractivity contribution >= 4 is 11.6 Å². The first kappa shape index (κ1) is 10.6. The second kappa shape index (κ2) is 5.27. The largest absolute Gasteiger partial charge is 0.508 e. The summed E-state index contributed by atoms with van der Waals surface area (Å²) in [4.78, 5) is 4.13. The highest BCUT2D eigenvalue weighted by Gasteiger charge is 1.98. The summed E-state index contributed by atoms with van der Waals surface area (Å²) in [7, 11) is 0. The predicted molar refractivity (Wildman–Crippen MR) is 59.3 cm³/mol. The van der Waals surface area contributed by atoms with Gasteiger partial charge in [-0.3, -0.25) is 0 Å². The second-order valence-electron chi connectivity index (χ2n) is 3.16. The van der Waals surface area contributed by atoms with E-state index in [4.69, 9.17) is 5.11 Å². The van der Waals surface area contributed by atoms with Crippen molar-refractivity contribution in [3.8, 4) is 0 Å². The number of anilines is 1. The first-order valence-corrected chi connectivity index (χ1v) is 4.82. The van der Waals surface area contributed by atoms with Crippen molar-refractivity contribution in [1.29, 1.82) is 0 Å². The van der Waals surface area contributed by atoms with Crippen LogP contribution in [0.15, 0.2) is 24.9 Å². The monoisotopic (exact) mass is 192 g/mol. The Balaban J connectivity index is 2.59. The number of hydrogen-bond donors (Lipinski definition) is 2. The van der Waals surface area contributed by atoms with E-state index in [1.54, 1.807) is 18.3 Å². The van der Waals surface area contributed by atoms with Gasteiger partial charge in [0.15, 0.2) is 0 Å². The average molecular weight is 192 g/mol. The Morgan fingerprint density at radius 2 is 2.43 bits per heavy atom. The standard InChI is InChI=1S/C11H16N2O/c1-3-4-6-12-11-8-10(9(2)14)5-7-13-11/h5,7-8,14H,2-4,6H2,1H3,(H,12,13). The number of pyridine rings is 1. The van der Waals surface area contributed by atoms with Crippen LogP contribution in [-0.2, 0) is 0 Å². The maximum atomic E-state index is 9.17. The molecule has 0 amide bonds. The van der Waals surface area contributed by atoms with Gasteiger partial charge in [0.1, 0.15) is 11.6 Å². The Morgan fingerprint density at radius 3 is 3.07 bits per heavy atom. The fourth-order valence-corrected chi connectivity index (χ4v) is 1.10. The lowest BCUT2D eigenvalue weighted by molar-refractivity contribution is 0.514. The molecule has 14 heavy (non-hydrogen) atoms. The van der Waals surface area contributed by atoms with Crippen LogP contribution in [0.25, 0.3) is 5.76 Å². The maximum absolute atomic E-state index is 9.17. The van der Waals surface area contributed by atoms with E-state index < -0.39 is 0 Å². The van der Waals surface area contributed by atoms with Crippen molar-refractivity contribution in [2.45, 2.75) is 19.8 Å². The van der Waals surface area contributed by atoms with E-state index in [1.165, 1.54) is 0 Å². The van der Waals surface area contributed by atoms with Crippen LogP contribution < -0.4 is 5.32 Å². The molecule has 1 heterocycles. The molecule has 0 saturated carbocycles. The summed E-state index contributed by atoms with van der Waals surface area (Å²) in [5, 5.41) is 12.3. The highest BCUT2D eigenvalue weighted by molar-refractivity contribution is 5.59. The molecule has 0 saturated heterocycles. The quantitative estimate of drug-likeness (QED) is 0.557. The highest BCUT2D eigenvalue weighted by atomic mass is 16.3. The zero-order valence-corrected chi connectivity index (χ0v) is 8.45. The van der Waals surface area contributed by atoms with Crippen LogP contribution in [0.4, 0.5) is 5.82 Å².